The first-order valence-corrected chi connectivity index (χ1v) is 7.43. The van der Waals surface area contributed by atoms with Crippen molar-refractivity contribution in [3.63, 3.8) is 0 Å². The summed E-state index contributed by atoms with van der Waals surface area (Å²) in [5, 5.41) is 3.44. The minimum atomic E-state index is 0.598. The Bertz CT molecular complexity index is 312. The lowest BCUT2D eigenvalue weighted by molar-refractivity contribution is 0.319. The number of nitrogens with one attached hydrogen (secondary N) is 1. The maximum Gasteiger partial charge on any atom is 0.0931 e. The van der Waals surface area contributed by atoms with Crippen molar-refractivity contribution < 1.29 is 0 Å². The maximum absolute atomic E-state index is 5.91. The summed E-state index contributed by atoms with van der Waals surface area (Å²) in [4.78, 5) is 3.70. The smallest absolute Gasteiger partial charge is 0.0931 e. The Morgan fingerprint density at radius 3 is 2.71 bits per heavy atom. The molecule has 1 rings (SSSR count). The average Bonchev–Trinajstić information content (AvgIpc) is 2.63. The third kappa shape index (κ3) is 7.04. The van der Waals surface area contributed by atoms with Gasteiger partial charge in [0.25, 0.3) is 0 Å². The van der Waals surface area contributed by atoms with Crippen LogP contribution in [0.1, 0.15) is 31.6 Å². The van der Waals surface area contributed by atoms with E-state index in [0.29, 0.717) is 6.04 Å². The van der Waals surface area contributed by atoms with Gasteiger partial charge in [-0.25, -0.2) is 0 Å². The van der Waals surface area contributed by atoms with Gasteiger partial charge in [0, 0.05) is 17.5 Å². The van der Waals surface area contributed by atoms with Crippen LogP contribution in [-0.4, -0.2) is 31.1 Å². The van der Waals surface area contributed by atoms with Crippen LogP contribution in [0.2, 0.25) is 4.34 Å². The third-order valence-electron chi connectivity index (χ3n) is 2.57. The van der Waals surface area contributed by atoms with Crippen LogP contribution in [0, 0.1) is 0 Å². The van der Waals surface area contributed by atoms with E-state index in [1.165, 1.54) is 17.7 Å². The molecule has 0 radical (unpaired) electrons. The van der Waals surface area contributed by atoms with Gasteiger partial charge in [0.2, 0.25) is 0 Å². The second-order valence-corrected chi connectivity index (χ2v) is 6.56. The first kappa shape index (κ1) is 15.0. The predicted molar refractivity (Wildman–Crippen MR) is 78.0 cm³/mol. The highest BCUT2D eigenvalue weighted by Gasteiger charge is 2.03. The molecule has 0 amide bonds. The van der Waals surface area contributed by atoms with Crippen molar-refractivity contribution in [2.75, 3.05) is 20.1 Å². The highest BCUT2D eigenvalue weighted by atomic mass is 35.5. The first-order valence-electron chi connectivity index (χ1n) is 6.24. The number of unbranched alkanes of at least 4 members (excludes halogenated alkanes) is 1. The molecule has 1 aromatic heterocycles. The molecule has 0 unspecified atom stereocenters. The molecule has 98 valence electrons. The topological polar surface area (TPSA) is 15.3 Å². The van der Waals surface area contributed by atoms with Crippen molar-refractivity contribution in [1.29, 1.82) is 0 Å². The van der Waals surface area contributed by atoms with E-state index >= 15 is 0 Å². The Kier molecular flexibility index (Phi) is 7.12. The number of hydrogen-bond acceptors (Lipinski definition) is 3. The number of thiophene rings is 1. The molecule has 0 aliphatic carbocycles. The molecule has 1 heterocycles. The van der Waals surface area contributed by atoms with E-state index in [0.717, 1.165) is 24.0 Å². The van der Waals surface area contributed by atoms with E-state index in [2.05, 4.69) is 37.2 Å². The summed E-state index contributed by atoms with van der Waals surface area (Å²) in [7, 11) is 2.17. The number of nitrogens with zero attached hydrogens (tertiary/aromatic N) is 1. The standard InChI is InChI=1S/C13H23ClN2S/c1-11(2)15-8-4-5-9-16(3)10-12-6-7-13(14)17-12/h6-7,11,15H,4-5,8-10H2,1-3H3. The monoisotopic (exact) mass is 274 g/mol. The van der Waals surface area contributed by atoms with Crippen molar-refractivity contribution in [3.05, 3.63) is 21.3 Å². The minimum absolute atomic E-state index is 0.598. The van der Waals surface area contributed by atoms with Gasteiger partial charge in [-0.05, 0) is 45.1 Å². The van der Waals surface area contributed by atoms with E-state index in [9.17, 15) is 0 Å². The molecule has 1 N–H and O–H groups in total. The number of halogens is 1. The molecule has 4 heteroatoms. The summed E-state index contributed by atoms with van der Waals surface area (Å²) >= 11 is 7.59. The minimum Gasteiger partial charge on any atom is -0.315 e. The lowest BCUT2D eigenvalue weighted by atomic mass is 10.2. The van der Waals surface area contributed by atoms with Gasteiger partial charge in [-0.2, -0.15) is 0 Å². The zero-order valence-corrected chi connectivity index (χ0v) is 12.6. The fraction of sp³-hybridized carbons (Fsp3) is 0.692. The molecule has 0 spiro atoms. The zero-order chi connectivity index (χ0) is 12.7. The fourth-order valence-electron chi connectivity index (χ4n) is 1.68. The van der Waals surface area contributed by atoms with Crippen LogP contribution in [0.4, 0.5) is 0 Å². The molecule has 0 aromatic carbocycles. The molecule has 0 aliphatic heterocycles. The van der Waals surface area contributed by atoms with Crippen molar-refractivity contribution in [3.8, 4) is 0 Å². The summed E-state index contributed by atoms with van der Waals surface area (Å²) < 4.78 is 0.884. The quantitative estimate of drug-likeness (QED) is 0.729. The van der Waals surface area contributed by atoms with E-state index in [-0.39, 0.29) is 0 Å². The lowest BCUT2D eigenvalue weighted by Gasteiger charge is -2.15. The molecular formula is C13H23ClN2S. The normalized spacial score (nSPS) is 11.6. The number of rotatable bonds is 8. The number of hydrogen-bond donors (Lipinski definition) is 1. The van der Waals surface area contributed by atoms with Crippen LogP contribution >= 0.6 is 22.9 Å². The molecule has 0 saturated carbocycles. The summed E-state index contributed by atoms with van der Waals surface area (Å²) in [6, 6.07) is 4.69. The predicted octanol–water partition coefficient (Wildman–Crippen LogP) is 3.61. The largest absolute Gasteiger partial charge is 0.315 e. The van der Waals surface area contributed by atoms with E-state index in [1.54, 1.807) is 11.3 Å². The fourth-order valence-corrected chi connectivity index (χ4v) is 2.85. The van der Waals surface area contributed by atoms with Crippen LogP contribution < -0.4 is 5.32 Å². The molecule has 0 atom stereocenters. The van der Waals surface area contributed by atoms with Crippen LogP contribution in [-0.2, 0) is 6.54 Å². The SMILES string of the molecule is CC(C)NCCCCN(C)Cc1ccc(Cl)s1. The second kappa shape index (κ2) is 8.09. The molecule has 0 bridgehead atoms. The van der Waals surface area contributed by atoms with Gasteiger partial charge in [-0.3, -0.25) is 0 Å². The molecule has 0 aliphatic rings. The Labute approximate surface area is 114 Å². The molecule has 1 aromatic rings. The van der Waals surface area contributed by atoms with Crippen LogP contribution in [0.15, 0.2) is 12.1 Å². The van der Waals surface area contributed by atoms with Gasteiger partial charge >= 0.3 is 0 Å². The Hall–Kier alpha value is -0.0900. The van der Waals surface area contributed by atoms with Crippen molar-refractivity contribution in [1.82, 2.24) is 10.2 Å². The van der Waals surface area contributed by atoms with E-state index in [1.807, 2.05) is 6.07 Å². The summed E-state index contributed by atoms with van der Waals surface area (Å²) in [5.74, 6) is 0. The molecular weight excluding hydrogens is 252 g/mol. The van der Waals surface area contributed by atoms with E-state index in [4.69, 9.17) is 11.6 Å². The van der Waals surface area contributed by atoms with Gasteiger partial charge in [0.15, 0.2) is 0 Å². The highest BCUT2D eigenvalue weighted by Crippen LogP contribution is 2.22. The zero-order valence-electron chi connectivity index (χ0n) is 11.0. The van der Waals surface area contributed by atoms with Gasteiger partial charge in [0.1, 0.15) is 0 Å². The summed E-state index contributed by atoms with van der Waals surface area (Å²) in [6.45, 7) is 7.65. The van der Waals surface area contributed by atoms with Crippen molar-refractivity contribution in [2.45, 2.75) is 39.3 Å². The van der Waals surface area contributed by atoms with Gasteiger partial charge in [0.05, 0.1) is 4.34 Å². The van der Waals surface area contributed by atoms with Crippen molar-refractivity contribution >= 4 is 22.9 Å². The van der Waals surface area contributed by atoms with Gasteiger partial charge in [-0.1, -0.05) is 25.4 Å². The Balaban J connectivity index is 2.07. The molecule has 2 nitrogen and oxygen atoms in total. The first-order chi connectivity index (χ1) is 8.08. The Morgan fingerprint density at radius 2 is 2.12 bits per heavy atom. The van der Waals surface area contributed by atoms with Crippen LogP contribution in [0.5, 0.6) is 0 Å². The maximum atomic E-state index is 5.91. The lowest BCUT2D eigenvalue weighted by Crippen LogP contribution is -2.25. The summed E-state index contributed by atoms with van der Waals surface area (Å²) in [5.41, 5.74) is 0. The van der Waals surface area contributed by atoms with Crippen molar-refractivity contribution in [2.24, 2.45) is 0 Å². The van der Waals surface area contributed by atoms with E-state index < -0.39 is 0 Å². The second-order valence-electron chi connectivity index (χ2n) is 4.76. The van der Waals surface area contributed by atoms with Crippen LogP contribution in [0.25, 0.3) is 0 Å². The van der Waals surface area contributed by atoms with Gasteiger partial charge in [-0.15, -0.1) is 11.3 Å². The molecule has 0 saturated heterocycles. The third-order valence-corrected chi connectivity index (χ3v) is 3.79. The van der Waals surface area contributed by atoms with Gasteiger partial charge < -0.3 is 10.2 Å². The van der Waals surface area contributed by atoms with Crippen LogP contribution in [0.3, 0.4) is 0 Å². The molecule has 17 heavy (non-hydrogen) atoms. The highest BCUT2D eigenvalue weighted by molar-refractivity contribution is 7.16. The molecule has 0 fully saturated rings. The summed E-state index contributed by atoms with van der Waals surface area (Å²) in [6.07, 6.45) is 2.49. The average molecular weight is 275 g/mol. The Morgan fingerprint density at radius 1 is 1.35 bits per heavy atom.